The summed E-state index contributed by atoms with van der Waals surface area (Å²) < 4.78 is 0. The van der Waals surface area contributed by atoms with Crippen molar-refractivity contribution >= 4 is 0 Å². The minimum atomic E-state index is -0.0693. The van der Waals surface area contributed by atoms with Crippen molar-refractivity contribution in [2.45, 2.75) is 52.1 Å². The number of nitrogens with zero attached hydrogens (tertiary/aromatic N) is 1. The number of hydrogen-bond acceptors (Lipinski definition) is 3. The zero-order valence-corrected chi connectivity index (χ0v) is 11.3. The Kier molecular flexibility index (Phi) is 5.22. The van der Waals surface area contributed by atoms with E-state index in [1.807, 2.05) is 0 Å². The molecule has 0 bridgehead atoms. The molecule has 0 amide bonds. The smallest absolute Gasteiger partial charge is 0.0628 e. The molecule has 0 aliphatic heterocycles. The van der Waals surface area contributed by atoms with Crippen LogP contribution < -0.4 is 5.32 Å². The van der Waals surface area contributed by atoms with Gasteiger partial charge in [0.2, 0.25) is 0 Å². The summed E-state index contributed by atoms with van der Waals surface area (Å²) in [6.07, 6.45) is 2.53. The summed E-state index contributed by atoms with van der Waals surface area (Å²) in [6, 6.07) is 0.434. The maximum absolute atomic E-state index is 9.79. The van der Waals surface area contributed by atoms with Crippen molar-refractivity contribution in [3.8, 4) is 0 Å². The fraction of sp³-hybridized carbons (Fsp3) is 1.00. The van der Waals surface area contributed by atoms with E-state index in [1.165, 1.54) is 12.8 Å². The van der Waals surface area contributed by atoms with Crippen LogP contribution >= 0.6 is 0 Å². The fourth-order valence-corrected chi connectivity index (χ4v) is 2.57. The average Bonchev–Trinajstić information content (AvgIpc) is 3.07. The third-order valence-electron chi connectivity index (χ3n) is 3.62. The highest BCUT2D eigenvalue weighted by Crippen LogP contribution is 2.40. The lowest BCUT2D eigenvalue weighted by Crippen LogP contribution is -2.60. The van der Waals surface area contributed by atoms with Crippen LogP contribution in [0.1, 0.15) is 40.5 Å². The highest BCUT2D eigenvalue weighted by atomic mass is 16.3. The molecular formula is C13H28N2O. The molecule has 0 spiro atoms. The van der Waals surface area contributed by atoms with Crippen LogP contribution in [0.2, 0.25) is 0 Å². The van der Waals surface area contributed by atoms with Crippen molar-refractivity contribution in [1.82, 2.24) is 10.2 Å². The monoisotopic (exact) mass is 228 g/mol. The topological polar surface area (TPSA) is 35.5 Å². The van der Waals surface area contributed by atoms with Crippen molar-refractivity contribution in [3.63, 3.8) is 0 Å². The molecule has 1 saturated carbocycles. The summed E-state index contributed by atoms with van der Waals surface area (Å²) in [7, 11) is 0. The third-order valence-corrected chi connectivity index (χ3v) is 3.62. The lowest BCUT2D eigenvalue weighted by molar-refractivity contribution is 0.0876. The maximum Gasteiger partial charge on any atom is 0.0628 e. The number of aliphatic hydroxyl groups excluding tert-OH is 1. The van der Waals surface area contributed by atoms with Gasteiger partial charge in [-0.3, -0.25) is 0 Å². The lowest BCUT2D eigenvalue weighted by atomic mass is 9.92. The van der Waals surface area contributed by atoms with Gasteiger partial charge in [0.15, 0.2) is 0 Å². The Bertz CT molecular complexity index is 200. The normalized spacial score (nSPS) is 20.4. The summed E-state index contributed by atoms with van der Waals surface area (Å²) in [4.78, 5) is 2.41. The number of aliphatic hydroxyl groups is 1. The summed E-state index contributed by atoms with van der Waals surface area (Å²) in [5.41, 5.74) is -0.0693. The van der Waals surface area contributed by atoms with Gasteiger partial charge in [0.05, 0.1) is 12.1 Å². The Hall–Kier alpha value is -0.120. The standard InChI is InChI=1S/C13H28N2O/c1-5-15(6-2)9-13(10-16,12-7-8-12)14-11(3)4/h11-12,14,16H,5-10H2,1-4H3. The van der Waals surface area contributed by atoms with E-state index in [0.29, 0.717) is 12.0 Å². The molecule has 1 aliphatic carbocycles. The van der Waals surface area contributed by atoms with Crippen molar-refractivity contribution in [1.29, 1.82) is 0 Å². The molecule has 1 aliphatic rings. The van der Waals surface area contributed by atoms with Gasteiger partial charge < -0.3 is 15.3 Å². The Labute approximate surface area is 100 Å². The van der Waals surface area contributed by atoms with E-state index in [1.54, 1.807) is 0 Å². The van der Waals surface area contributed by atoms with E-state index < -0.39 is 0 Å². The molecule has 2 N–H and O–H groups in total. The lowest BCUT2D eigenvalue weighted by Gasteiger charge is -2.39. The first-order valence-corrected chi connectivity index (χ1v) is 6.68. The third kappa shape index (κ3) is 3.44. The van der Waals surface area contributed by atoms with Crippen molar-refractivity contribution in [3.05, 3.63) is 0 Å². The Morgan fingerprint density at radius 1 is 1.31 bits per heavy atom. The Morgan fingerprint density at radius 2 is 1.88 bits per heavy atom. The summed E-state index contributed by atoms with van der Waals surface area (Å²) in [6.45, 7) is 12.0. The summed E-state index contributed by atoms with van der Waals surface area (Å²) >= 11 is 0. The number of likely N-dealkylation sites (N-methyl/N-ethyl adjacent to an activating group) is 1. The number of hydrogen-bond donors (Lipinski definition) is 2. The molecule has 0 saturated heterocycles. The summed E-state index contributed by atoms with van der Waals surface area (Å²) in [5, 5.41) is 13.4. The van der Waals surface area contributed by atoms with Gasteiger partial charge in [0.25, 0.3) is 0 Å². The predicted octanol–water partition coefficient (Wildman–Crippen LogP) is 1.47. The zero-order valence-electron chi connectivity index (χ0n) is 11.3. The minimum Gasteiger partial charge on any atom is -0.394 e. The minimum absolute atomic E-state index is 0.0693. The fourth-order valence-electron chi connectivity index (χ4n) is 2.57. The summed E-state index contributed by atoms with van der Waals surface area (Å²) in [5.74, 6) is 0.667. The van der Waals surface area contributed by atoms with Crippen LogP contribution in [0.3, 0.4) is 0 Å². The molecule has 1 unspecified atom stereocenters. The van der Waals surface area contributed by atoms with E-state index in [-0.39, 0.29) is 12.1 Å². The SMILES string of the molecule is CCN(CC)CC(CO)(NC(C)C)C1CC1. The Balaban J connectivity index is 2.67. The number of nitrogens with one attached hydrogen (secondary N) is 1. The second-order valence-electron chi connectivity index (χ2n) is 5.35. The van der Waals surface area contributed by atoms with Gasteiger partial charge in [-0.2, -0.15) is 0 Å². The van der Waals surface area contributed by atoms with E-state index in [4.69, 9.17) is 0 Å². The molecule has 1 rings (SSSR count). The van der Waals surface area contributed by atoms with Gasteiger partial charge in [-0.25, -0.2) is 0 Å². The highest BCUT2D eigenvalue weighted by Gasteiger charge is 2.45. The van der Waals surface area contributed by atoms with Crippen LogP contribution in [-0.2, 0) is 0 Å². The van der Waals surface area contributed by atoms with Gasteiger partial charge in [0.1, 0.15) is 0 Å². The molecule has 3 heteroatoms. The molecule has 16 heavy (non-hydrogen) atoms. The molecule has 0 aromatic rings. The van der Waals surface area contributed by atoms with Gasteiger partial charge in [-0.1, -0.05) is 27.7 Å². The van der Waals surface area contributed by atoms with Crippen molar-refractivity contribution in [2.24, 2.45) is 5.92 Å². The van der Waals surface area contributed by atoms with Crippen LogP contribution in [0.5, 0.6) is 0 Å². The van der Waals surface area contributed by atoms with Crippen molar-refractivity contribution < 1.29 is 5.11 Å². The molecular weight excluding hydrogens is 200 g/mol. The zero-order chi connectivity index (χ0) is 12.2. The van der Waals surface area contributed by atoms with Gasteiger partial charge in [0, 0.05) is 12.6 Å². The van der Waals surface area contributed by atoms with Gasteiger partial charge in [-0.05, 0) is 31.8 Å². The quantitative estimate of drug-likeness (QED) is 0.660. The molecule has 0 heterocycles. The first-order valence-electron chi connectivity index (χ1n) is 6.68. The van der Waals surface area contributed by atoms with Crippen LogP contribution in [0, 0.1) is 5.92 Å². The first-order chi connectivity index (χ1) is 7.57. The number of rotatable bonds is 8. The predicted molar refractivity (Wildman–Crippen MR) is 68.6 cm³/mol. The molecule has 1 fully saturated rings. The highest BCUT2D eigenvalue weighted by molar-refractivity contribution is 5.03. The van der Waals surface area contributed by atoms with Crippen LogP contribution in [0.25, 0.3) is 0 Å². The van der Waals surface area contributed by atoms with Crippen LogP contribution in [0.4, 0.5) is 0 Å². The van der Waals surface area contributed by atoms with E-state index in [9.17, 15) is 5.11 Å². The van der Waals surface area contributed by atoms with E-state index in [0.717, 1.165) is 19.6 Å². The molecule has 1 atom stereocenters. The van der Waals surface area contributed by atoms with E-state index in [2.05, 4.69) is 37.9 Å². The van der Waals surface area contributed by atoms with E-state index >= 15 is 0 Å². The molecule has 0 radical (unpaired) electrons. The molecule has 96 valence electrons. The largest absolute Gasteiger partial charge is 0.394 e. The molecule has 0 aromatic heterocycles. The molecule has 0 aromatic carbocycles. The maximum atomic E-state index is 9.79. The average molecular weight is 228 g/mol. The second-order valence-corrected chi connectivity index (χ2v) is 5.35. The van der Waals surface area contributed by atoms with Crippen LogP contribution in [-0.4, -0.2) is 47.8 Å². The van der Waals surface area contributed by atoms with Gasteiger partial charge in [-0.15, -0.1) is 0 Å². The van der Waals surface area contributed by atoms with Gasteiger partial charge >= 0.3 is 0 Å². The Morgan fingerprint density at radius 3 is 2.19 bits per heavy atom. The second kappa shape index (κ2) is 5.99. The first kappa shape index (κ1) is 13.9. The van der Waals surface area contributed by atoms with Crippen molar-refractivity contribution in [2.75, 3.05) is 26.2 Å². The van der Waals surface area contributed by atoms with Crippen LogP contribution in [0.15, 0.2) is 0 Å². The molecule has 3 nitrogen and oxygen atoms in total.